The minimum absolute atomic E-state index is 0.181. The molecule has 7 nitrogen and oxygen atoms in total. The lowest BCUT2D eigenvalue weighted by Gasteiger charge is -2.13. The van der Waals surface area contributed by atoms with E-state index in [4.69, 9.17) is 0 Å². The molecule has 1 aromatic heterocycles. The maximum absolute atomic E-state index is 13.0. The van der Waals surface area contributed by atoms with Crippen molar-refractivity contribution in [1.82, 2.24) is 4.68 Å². The average molecular weight is 505 g/mol. The Morgan fingerprint density at radius 3 is 2.21 bits per heavy atom. The molecule has 0 unspecified atom stereocenters. The number of hydrogen-bond donors (Lipinski definition) is 3. The Labute approximate surface area is 198 Å². The van der Waals surface area contributed by atoms with Crippen molar-refractivity contribution in [3.05, 3.63) is 94.6 Å². The Bertz CT molecular complexity index is 1330. The third-order valence-electron chi connectivity index (χ3n) is 5.07. The number of halogens is 1. The summed E-state index contributed by atoms with van der Waals surface area (Å²) in [5.41, 5.74) is 5.55. The van der Waals surface area contributed by atoms with Crippen LogP contribution in [0.25, 0.3) is 10.9 Å². The predicted molar refractivity (Wildman–Crippen MR) is 133 cm³/mol. The fourth-order valence-electron chi connectivity index (χ4n) is 3.35. The van der Waals surface area contributed by atoms with Crippen LogP contribution in [0.15, 0.2) is 83.3 Å². The molecular weight excluding hydrogens is 484 g/mol. The molecule has 0 aliphatic heterocycles. The van der Waals surface area contributed by atoms with Crippen LogP contribution >= 0.6 is 15.9 Å². The second-order valence-corrected chi connectivity index (χ2v) is 8.25. The van der Waals surface area contributed by atoms with Crippen molar-refractivity contribution < 1.29 is 14.4 Å². The molecule has 0 radical (unpaired) electrons. The van der Waals surface area contributed by atoms with Crippen LogP contribution in [0.2, 0.25) is 0 Å². The second kappa shape index (κ2) is 9.70. The molecule has 0 aliphatic rings. The van der Waals surface area contributed by atoms with Gasteiger partial charge in [0.15, 0.2) is 0 Å². The van der Waals surface area contributed by atoms with Gasteiger partial charge in [-0.25, -0.2) is 4.68 Å². The van der Waals surface area contributed by atoms with Crippen molar-refractivity contribution in [3.8, 4) is 0 Å². The van der Waals surface area contributed by atoms with Gasteiger partial charge in [-0.3, -0.25) is 19.8 Å². The summed E-state index contributed by atoms with van der Waals surface area (Å²) in [4.78, 5) is 38.2. The van der Waals surface area contributed by atoms with Crippen LogP contribution in [0, 0.1) is 0 Å². The van der Waals surface area contributed by atoms with Crippen LogP contribution in [0.5, 0.6) is 0 Å². The molecule has 4 rings (SSSR count). The van der Waals surface area contributed by atoms with E-state index in [0.717, 1.165) is 21.8 Å². The Balaban J connectivity index is 1.59. The molecule has 0 atom stereocenters. The molecule has 1 heterocycles. The molecule has 3 N–H and O–H groups in total. The van der Waals surface area contributed by atoms with Gasteiger partial charge in [-0.2, -0.15) is 0 Å². The SMILES string of the molecule is CCc1ccc(NC(=O)C(=O)Nn2c(C(=O)Nc3ccccc3)cc3cc(Br)ccc32)cc1. The first-order valence-electron chi connectivity index (χ1n) is 10.3. The summed E-state index contributed by atoms with van der Waals surface area (Å²) in [5, 5.41) is 6.10. The molecule has 3 amide bonds. The second-order valence-electron chi connectivity index (χ2n) is 7.33. The summed E-state index contributed by atoms with van der Waals surface area (Å²) in [6, 6.07) is 23.3. The number of para-hydroxylation sites is 1. The summed E-state index contributed by atoms with van der Waals surface area (Å²) >= 11 is 3.42. The first-order valence-corrected chi connectivity index (χ1v) is 11.1. The summed E-state index contributed by atoms with van der Waals surface area (Å²) < 4.78 is 2.14. The number of nitrogens with zero attached hydrogens (tertiary/aromatic N) is 1. The normalized spacial score (nSPS) is 10.6. The third-order valence-corrected chi connectivity index (χ3v) is 5.56. The molecule has 0 aliphatic carbocycles. The van der Waals surface area contributed by atoms with E-state index in [-0.39, 0.29) is 5.69 Å². The van der Waals surface area contributed by atoms with E-state index in [1.54, 1.807) is 54.6 Å². The minimum atomic E-state index is -0.899. The molecule has 3 aromatic carbocycles. The summed E-state index contributed by atoms with van der Waals surface area (Å²) in [6.45, 7) is 2.03. The molecule has 4 aromatic rings. The summed E-state index contributed by atoms with van der Waals surface area (Å²) in [5.74, 6) is -2.17. The number of aryl methyl sites for hydroxylation is 1. The monoisotopic (exact) mass is 504 g/mol. The number of carbonyl (C=O) groups excluding carboxylic acids is 3. The molecule has 0 fully saturated rings. The van der Waals surface area contributed by atoms with E-state index < -0.39 is 17.7 Å². The van der Waals surface area contributed by atoms with E-state index in [2.05, 4.69) is 32.0 Å². The van der Waals surface area contributed by atoms with Gasteiger partial charge < -0.3 is 10.6 Å². The molecule has 0 bridgehead atoms. The van der Waals surface area contributed by atoms with Crippen LogP contribution in [0.4, 0.5) is 11.4 Å². The Morgan fingerprint density at radius 2 is 1.52 bits per heavy atom. The molecule has 166 valence electrons. The highest BCUT2D eigenvalue weighted by molar-refractivity contribution is 9.10. The van der Waals surface area contributed by atoms with Gasteiger partial charge in [0.05, 0.1) is 5.52 Å². The maximum atomic E-state index is 13.0. The Kier molecular flexibility index (Phi) is 6.55. The van der Waals surface area contributed by atoms with E-state index in [1.165, 1.54) is 4.68 Å². The zero-order valence-electron chi connectivity index (χ0n) is 17.8. The number of anilines is 2. The summed E-state index contributed by atoms with van der Waals surface area (Å²) in [7, 11) is 0. The van der Waals surface area contributed by atoms with Crippen molar-refractivity contribution >= 4 is 55.9 Å². The standard InChI is InChI=1S/C25H21BrN4O3/c1-2-16-8-11-20(12-9-16)28-24(32)25(33)29-30-21-13-10-18(26)14-17(21)15-22(30)23(31)27-19-6-4-3-5-7-19/h3-15H,2H2,1H3,(H,27,31)(H,28,32)(H,29,33). The molecule has 8 heteroatoms. The Morgan fingerprint density at radius 1 is 0.818 bits per heavy atom. The number of fused-ring (bicyclic) bond motifs is 1. The van der Waals surface area contributed by atoms with E-state index in [9.17, 15) is 14.4 Å². The lowest BCUT2D eigenvalue weighted by atomic mass is 10.1. The van der Waals surface area contributed by atoms with Gasteiger partial charge in [-0.05, 0) is 60.5 Å². The van der Waals surface area contributed by atoms with Crippen LogP contribution in [0.3, 0.4) is 0 Å². The van der Waals surface area contributed by atoms with Crippen molar-refractivity contribution in [3.63, 3.8) is 0 Å². The van der Waals surface area contributed by atoms with Crippen molar-refractivity contribution in [1.29, 1.82) is 0 Å². The van der Waals surface area contributed by atoms with E-state index >= 15 is 0 Å². The predicted octanol–water partition coefficient (Wildman–Crippen LogP) is 4.93. The van der Waals surface area contributed by atoms with Crippen LogP contribution < -0.4 is 16.1 Å². The first-order chi connectivity index (χ1) is 15.9. The maximum Gasteiger partial charge on any atom is 0.328 e. The van der Waals surface area contributed by atoms with E-state index in [0.29, 0.717) is 16.9 Å². The fraction of sp³-hybridized carbons (Fsp3) is 0.0800. The third kappa shape index (κ3) is 5.12. The van der Waals surface area contributed by atoms with Crippen molar-refractivity contribution in [2.75, 3.05) is 16.1 Å². The van der Waals surface area contributed by atoms with Gasteiger partial charge in [-0.15, -0.1) is 0 Å². The lowest BCUT2D eigenvalue weighted by molar-refractivity contribution is -0.133. The quantitative estimate of drug-likeness (QED) is 0.336. The van der Waals surface area contributed by atoms with Crippen LogP contribution in [-0.2, 0) is 16.0 Å². The fourth-order valence-corrected chi connectivity index (χ4v) is 3.73. The van der Waals surface area contributed by atoms with Gasteiger partial charge in [0, 0.05) is 21.2 Å². The number of nitrogens with one attached hydrogen (secondary N) is 3. The lowest BCUT2D eigenvalue weighted by Crippen LogP contribution is -2.36. The molecule has 0 saturated heterocycles. The number of amides is 3. The highest BCUT2D eigenvalue weighted by Crippen LogP contribution is 2.24. The number of rotatable bonds is 5. The Hall–Kier alpha value is -3.91. The van der Waals surface area contributed by atoms with Crippen molar-refractivity contribution in [2.24, 2.45) is 0 Å². The van der Waals surface area contributed by atoms with E-state index in [1.807, 2.05) is 31.2 Å². The first kappa shape index (κ1) is 22.3. The number of benzene rings is 3. The number of aromatic nitrogens is 1. The molecule has 33 heavy (non-hydrogen) atoms. The topological polar surface area (TPSA) is 92.2 Å². The van der Waals surface area contributed by atoms with Gasteiger partial charge in [-0.1, -0.05) is 53.2 Å². The number of carbonyl (C=O) groups is 3. The summed E-state index contributed by atoms with van der Waals surface area (Å²) in [6.07, 6.45) is 0.874. The highest BCUT2D eigenvalue weighted by Gasteiger charge is 2.21. The average Bonchev–Trinajstić information content (AvgIpc) is 3.17. The zero-order valence-corrected chi connectivity index (χ0v) is 19.3. The minimum Gasteiger partial charge on any atom is -0.321 e. The van der Waals surface area contributed by atoms with Crippen LogP contribution in [0.1, 0.15) is 23.0 Å². The van der Waals surface area contributed by atoms with Crippen LogP contribution in [-0.4, -0.2) is 22.4 Å². The van der Waals surface area contributed by atoms with Gasteiger partial charge in [0.2, 0.25) is 0 Å². The molecular formula is C25H21BrN4O3. The molecule has 0 saturated carbocycles. The number of hydrogen-bond acceptors (Lipinski definition) is 3. The molecule has 0 spiro atoms. The highest BCUT2D eigenvalue weighted by atomic mass is 79.9. The van der Waals surface area contributed by atoms with Gasteiger partial charge in [0.1, 0.15) is 5.69 Å². The smallest absolute Gasteiger partial charge is 0.321 e. The zero-order chi connectivity index (χ0) is 23.4. The van der Waals surface area contributed by atoms with Gasteiger partial charge >= 0.3 is 11.8 Å². The van der Waals surface area contributed by atoms with Crippen molar-refractivity contribution in [2.45, 2.75) is 13.3 Å². The van der Waals surface area contributed by atoms with Gasteiger partial charge in [0.25, 0.3) is 5.91 Å². The largest absolute Gasteiger partial charge is 0.328 e.